The number of nitrogens with one attached hydrogen (secondary N) is 1. The molecule has 0 aromatic heterocycles. The van der Waals surface area contributed by atoms with Gasteiger partial charge in [-0.05, 0) is 55.7 Å². The zero-order valence-electron chi connectivity index (χ0n) is 12.1. The number of thioether (sulfide) groups is 1. The van der Waals surface area contributed by atoms with E-state index in [-0.39, 0.29) is 0 Å². The van der Waals surface area contributed by atoms with E-state index in [2.05, 4.69) is 49.5 Å². The van der Waals surface area contributed by atoms with Gasteiger partial charge in [-0.2, -0.15) is 0 Å². The third-order valence-corrected chi connectivity index (χ3v) is 4.52. The fraction of sp³-hybridized carbons (Fsp3) is 0.529. The van der Waals surface area contributed by atoms with Crippen LogP contribution >= 0.6 is 11.8 Å². The first-order valence-corrected chi connectivity index (χ1v) is 8.48. The van der Waals surface area contributed by atoms with Crippen LogP contribution in [0.4, 0.5) is 0 Å². The van der Waals surface area contributed by atoms with Crippen LogP contribution < -0.4 is 5.32 Å². The molecule has 0 fully saturated rings. The molecule has 1 aliphatic rings. The van der Waals surface area contributed by atoms with Crippen molar-refractivity contribution in [2.45, 2.75) is 50.5 Å². The van der Waals surface area contributed by atoms with E-state index < -0.39 is 0 Å². The summed E-state index contributed by atoms with van der Waals surface area (Å²) in [6.45, 7) is 5.41. The molecule has 19 heavy (non-hydrogen) atoms. The smallest absolute Gasteiger partial charge is 0.0535 e. The van der Waals surface area contributed by atoms with Crippen LogP contribution in [0.2, 0.25) is 0 Å². The number of likely N-dealkylation sites (N-methyl/N-ethyl adjacent to an activating group) is 1. The van der Waals surface area contributed by atoms with Crippen LogP contribution in [0.15, 0.2) is 40.8 Å². The van der Waals surface area contributed by atoms with Crippen LogP contribution in [0.3, 0.4) is 0 Å². The van der Waals surface area contributed by atoms with Crippen LogP contribution in [-0.2, 0) is 0 Å². The summed E-state index contributed by atoms with van der Waals surface area (Å²) in [5.41, 5.74) is 3.00. The van der Waals surface area contributed by atoms with E-state index in [9.17, 15) is 0 Å². The molecule has 0 amide bonds. The number of hydrogen-bond acceptors (Lipinski definition) is 2. The molecule has 0 aliphatic heterocycles. The Morgan fingerprint density at radius 1 is 1.16 bits per heavy atom. The molecule has 1 atom stereocenters. The summed E-state index contributed by atoms with van der Waals surface area (Å²) in [6, 6.07) is 9.53. The Morgan fingerprint density at radius 2 is 1.95 bits per heavy atom. The molecule has 1 unspecified atom stereocenters. The van der Waals surface area contributed by atoms with Crippen molar-refractivity contribution in [2.24, 2.45) is 0 Å². The Bertz CT molecular complexity index is 408. The van der Waals surface area contributed by atoms with Gasteiger partial charge in [-0.1, -0.05) is 37.6 Å². The second-order valence-corrected chi connectivity index (χ2v) is 6.35. The van der Waals surface area contributed by atoms with Gasteiger partial charge < -0.3 is 5.32 Å². The number of rotatable bonds is 6. The minimum Gasteiger partial charge on any atom is -0.307 e. The van der Waals surface area contributed by atoms with Crippen LogP contribution in [0.5, 0.6) is 0 Å². The highest BCUT2D eigenvalue weighted by Gasteiger charge is 2.17. The van der Waals surface area contributed by atoms with E-state index in [0.29, 0.717) is 6.04 Å². The number of benzene rings is 1. The molecule has 1 N–H and O–H groups in total. The molecular weight excluding hydrogens is 250 g/mol. The molecule has 0 saturated heterocycles. The largest absolute Gasteiger partial charge is 0.307 e. The maximum atomic E-state index is 3.64. The highest BCUT2D eigenvalue weighted by Crippen LogP contribution is 2.30. The van der Waals surface area contributed by atoms with E-state index in [0.717, 1.165) is 12.3 Å². The lowest BCUT2D eigenvalue weighted by Gasteiger charge is -2.24. The molecule has 1 aromatic carbocycles. The number of hydrogen-bond donors (Lipinski definition) is 1. The Kier molecular flexibility index (Phi) is 5.99. The van der Waals surface area contributed by atoms with Gasteiger partial charge in [0.15, 0.2) is 0 Å². The Hall–Kier alpha value is -0.730. The zero-order valence-corrected chi connectivity index (χ0v) is 12.9. The standard InChI is InChI=1S/C17H25NS/c1-3-18-17(14-8-6-5-7-9-14)15-10-12-16(13-11-15)19-4-2/h8,10-13,17-18H,3-7,9H2,1-2H3. The van der Waals surface area contributed by atoms with E-state index in [1.165, 1.54) is 36.1 Å². The highest BCUT2D eigenvalue weighted by atomic mass is 32.2. The van der Waals surface area contributed by atoms with Gasteiger partial charge in [-0.3, -0.25) is 0 Å². The third-order valence-electron chi connectivity index (χ3n) is 3.63. The van der Waals surface area contributed by atoms with Gasteiger partial charge in [0.05, 0.1) is 6.04 Å². The van der Waals surface area contributed by atoms with Crippen molar-refractivity contribution in [1.82, 2.24) is 5.32 Å². The van der Waals surface area contributed by atoms with E-state index in [1.54, 1.807) is 5.57 Å². The summed E-state index contributed by atoms with van der Waals surface area (Å²) in [4.78, 5) is 1.37. The number of allylic oxidation sites excluding steroid dienone is 1. The van der Waals surface area contributed by atoms with Crippen molar-refractivity contribution in [3.05, 3.63) is 41.5 Å². The van der Waals surface area contributed by atoms with Gasteiger partial charge in [0.1, 0.15) is 0 Å². The summed E-state index contributed by atoms with van der Waals surface area (Å²) in [5.74, 6) is 1.14. The summed E-state index contributed by atoms with van der Waals surface area (Å²) in [6.07, 6.45) is 7.65. The molecule has 1 nitrogen and oxygen atoms in total. The molecule has 0 heterocycles. The molecule has 1 aromatic rings. The molecule has 0 radical (unpaired) electrons. The first-order chi connectivity index (χ1) is 9.35. The van der Waals surface area contributed by atoms with Crippen LogP contribution in [0.1, 0.15) is 51.1 Å². The van der Waals surface area contributed by atoms with Gasteiger partial charge in [0, 0.05) is 4.90 Å². The highest BCUT2D eigenvalue weighted by molar-refractivity contribution is 7.99. The van der Waals surface area contributed by atoms with Crippen molar-refractivity contribution in [3.63, 3.8) is 0 Å². The zero-order chi connectivity index (χ0) is 13.5. The molecule has 0 saturated carbocycles. The quantitative estimate of drug-likeness (QED) is 0.582. The normalized spacial score (nSPS) is 17.1. The molecule has 1 aliphatic carbocycles. The monoisotopic (exact) mass is 275 g/mol. The topological polar surface area (TPSA) is 12.0 Å². The SMILES string of the molecule is CCNC(C1=CCCCC1)c1ccc(SCC)cc1. The van der Waals surface area contributed by atoms with Gasteiger partial charge in [0.2, 0.25) is 0 Å². The van der Waals surface area contributed by atoms with E-state index >= 15 is 0 Å². The van der Waals surface area contributed by atoms with Crippen molar-refractivity contribution >= 4 is 11.8 Å². The van der Waals surface area contributed by atoms with E-state index in [4.69, 9.17) is 0 Å². The van der Waals surface area contributed by atoms with Gasteiger partial charge in [0.25, 0.3) is 0 Å². The lowest BCUT2D eigenvalue weighted by atomic mass is 9.90. The predicted molar refractivity (Wildman–Crippen MR) is 85.8 cm³/mol. The molecule has 104 valence electrons. The minimum absolute atomic E-state index is 0.422. The van der Waals surface area contributed by atoms with Crippen molar-refractivity contribution in [3.8, 4) is 0 Å². The van der Waals surface area contributed by atoms with Gasteiger partial charge in [-0.25, -0.2) is 0 Å². The summed E-state index contributed by atoms with van der Waals surface area (Å²) >= 11 is 1.91. The summed E-state index contributed by atoms with van der Waals surface area (Å²) in [7, 11) is 0. The fourth-order valence-electron chi connectivity index (χ4n) is 2.72. The third kappa shape index (κ3) is 4.12. The predicted octanol–water partition coefficient (Wildman–Crippen LogP) is 4.95. The lowest BCUT2D eigenvalue weighted by Crippen LogP contribution is -2.23. The first-order valence-electron chi connectivity index (χ1n) is 7.50. The fourth-order valence-corrected chi connectivity index (χ4v) is 3.38. The Labute approximate surface area is 121 Å². The van der Waals surface area contributed by atoms with Crippen LogP contribution in [-0.4, -0.2) is 12.3 Å². The minimum atomic E-state index is 0.422. The van der Waals surface area contributed by atoms with Crippen molar-refractivity contribution in [1.29, 1.82) is 0 Å². The van der Waals surface area contributed by atoms with Gasteiger partial charge in [-0.15, -0.1) is 11.8 Å². The average Bonchev–Trinajstić information content (AvgIpc) is 2.47. The Balaban J connectivity index is 2.15. The maximum absolute atomic E-state index is 3.64. The van der Waals surface area contributed by atoms with Crippen molar-refractivity contribution < 1.29 is 0 Å². The molecule has 0 spiro atoms. The average molecular weight is 275 g/mol. The maximum Gasteiger partial charge on any atom is 0.0535 e. The van der Waals surface area contributed by atoms with Crippen LogP contribution in [0, 0.1) is 0 Å². The summed E-state index contributed by atoms with van der Waals surface area (Å²) in [5, 5.41) is 3.64. The molecule has 0 bridgehead atoms. The second kappa shape index (κ2) is 7.76. The molecule has 2 rings (SSSR count). The lowest BCUT2D eigenvalue weighted by molar-refractivity contribution is 0.563. The van der Waals surface area contributed by atoms with Crippen molar-refractivity contribution in [2.75, 3.05) is 12.3 Å². The Morgan fingerprint density at radius 3 is 2.53 bits per heavy atom. The van der Waals surface area contributed by atoms with Gasteiger partial charge >= 0.3 is 0 Å². The second-order valence-electron chi connectivity index (χ2n) is 5.02. The van der Waals surface area contributed by atoms with E-state index in [1.807, 2.05) is 11.8 Å². The molecule has 2 heteroatoms. The first kappa shape index (κ1) is 14.7. The molecular formula is C17H25NS. The van der Waals surface area contributed by atoms with Crippen LogP contribution in [0.25, 0.3) is 0 Å². The summed E-state index contributed by atoms with van der Waals surface area (Å²) < 4.78 is 0.